The van der Waals surface area contributed by atoms with Gasteiger partial charge in [-0.3, -0.25) is 14.4 Å². The number of amides is 4. The van der Waals surface area contributed by atoms with E-state index >= 15 is 0 Å². The molecule has 0 aliphatic heterocycles. The minimum absolute atomic E-state index is 0.0105. The number of benzene rings is 1. The van der Waals surface area contributed by atoms with Crippen molar-refractivity contribution in [2.45, 2.75) is 118 Å². The molecule has 9 nitrogen and oxygen atoms in total. The first-order valence-electron chi connectivity index (χ1n) is 13.6. The highest BCUT2D eigenvalue weighted by Crippen LogP contribution is 2.26. The highest BCUT2D eigenvalue weighted by molar-refractivity contribution is 5.92. The third-order valence-corrected chi connectivity index (χ3v) is 5.93. The Bertz CT molecular complexity index is 937. The maximum atomic E-state index is 14.1. The lowest BCUT2D eigenvalue weighted by Crippen LogP contribution is -2.54. The van der Waals surface area contributed by atoms with E-state index < -0.39 is 35.6 Å². The van der Waals surface area contributed by atoms with Crippen molar-refractivity contribution < 1.29 is 23.9 Å². The first-order chi connectivity index (χ1) is 17.7. The molecular weight excluding hydrogens is 484 g/mol. The molecule has 4 amide bonds. The number of aryl methyl sites for hydroxylation is 2. The zero-order chi connectivity index (χ0) is 29.0. The van der Waals surface area contributed by atoms with Gasteiger partial charge in [0.2, 0.25) is 17.7 Å². The maximum absolute atomic E-state index is 14.1. The Labute approximate surface area is 228 Å². The summed E-state index contributed by atoms with van der Waals surface area (Å²) in [6, 6.07) is 3.75. The fourth-order valence-corrected chi connectivity index (χ4v) is 4.36. The van der Waals surface area contributed by atoms with Crippen LogP contribution in [0.4, 0.5) is 4.79 Å². The van der Waals surface area contributed by atoms with Crippen molar-refractivity contribution in [1.29, 1.82) is 0 Å². The number of primary amides is 1. The summed E-state index contributed by atoms with van der Waals surface area (Å²) >= 11 is 0. The smallest absolute Gasteiger partial charge is 0.408 e. The number of nitrogens with one attached hydrogen (secondary N) is 2. The first-order valence-corrected chi connectivity index (χ1v) is 13.6. The van der Waals surface area contributed by atoms with Crippen molar-refractivity contribution in [1.82, 2.24) is 15.5 Å². The Morgan fingerprint density at radius 3 is 2.08 bits per heavy atom. The summed E-state index contributed by atoms with van der Waals surface area (Å²) in [5.74, 6) is -1.34. The normalized spacial score (nSPS) is 13.7. The van der Waals surface area contributed by atoms with Crippen LogP contribution in [0.3, 0.4) is 0 Å². The van der Waals surface area contributed by atoms with Crippen LogP contribution in [0.5, 0.6) is 0 Å². The predicted molar refractivity (Wildman–Crippen MR) is 149 cm³/mol. The van der Waals surface area contributed by atoms with Crippen LogP contribution in [0.1, 0.15) is 103 Å². The molecule has 0 spiro atoms. The van der Waals surface area contributed by atoms with Crippen molar-refractivity contribution in [3.63, 3.8) is 0 Å². The van der Waals surface area contributed by atoms with Crippen LogP contribution >= 0.6 is 0 Å². The lowest BCUT2D eigenvalue weighted by Gasteiger charge is -2.35. The molecule has 1 rings (SSSR count). The van der Waals surface area contributed by atoms with Gasteiger partial charge in [-0.2, -0.15) is 0 Å². The quantitative estimate of drug-likeness (QED) is 0.326. The number of hydrogen-bond acceptors (Lipinski definition) is 5. The number of nitrogens with zero attached hydrogens (tertiary/aromatic N) is 1. The van der Waals surface area contributed by atoms with Gasteiger partial charge >= 0.3 is 6.09 Å². The molecule has 0 fully saturated rings. The van der Waals surface area contributed by atoms with E-state index in [9.17, 15) is 19.2 Å². The summed E-state index contributed by atoms with van der Waals surface area (Å²) in [7, 11) is 0. The molecule has 4 N–H and O–H groups in total. The van der Waals surface area contributed by atoms with E-state index in [4.69, 9.17) is 10.5 Å². The van der Waals surface area contributed by atoms with Gasteiger partial charge in [0.25, 0.3) is 0 Å². The van der Waals surface area contributed by atoms with E-state index in [1.54, 1.807) is 20.8 Å². The minimum Gasteiger partial charge on any atom is -0.444 e. The number of alkyl carbamates (subject to hydrolysis) is 1. The molecule has 0 saturated carbocycles. The molecule has 0 bridgehead atoms. The predicted octanol–water partition coefficient (Wildman–Crippen LogP) is 4.44. The van der Waals surface area contributed by atoms with Gasteiger partial charge in [0.1, 0.15) is 17.7 Å². The number of rotatable bonds is 14. The van der Waals surface area contributed by atoms with E-state index in [-0.39, 0.29) is 24.8 Å². The van der Waals surface area contributed by atoms with Gasteiger partial charge in [0.15, 0.2) is 0 Å². The number of carbonyl (C=O) groups is 4. The number of hydrogen-bond donors (Lipinski definition) is 3. The number of carbonyl (C=O) groups excluding carboxylic acids is 4. The van der Waals surface area contributed by atoms with Gasteiger partial charge in [0, 0.05) is 19.0 Å². The number of ether oxygens (including phenoxy) is 1. The first kappa shape index (κ1) is 32.9. The highest BCUT2D eigenvalue weighted by atomic mass is 16.6. The molecule has 1 aromatic carbocycles. The van der Waals surface area contributed by atoms with Gasteiger partial charge in [-0.1, -0.05) is 56.0 Å². The van der Waals surface area contributed by atoms with Crippen LogP contribution in [0.2, 0.25) is 0 Å². The molecule has 0 aromatic heterocycles. The third-order valence-electron chi connectivity index (χ3n) is 5.93. The Morgan fingerprint density at radius 1 is 0.974 bits per heavy atom. The summed E-state index contributed by atoms with van der Waals surface area (Å²) in [6.07, 6.45) is 2.26. The van der Waals surface area contributed by atoms with Crippen LogP contribution in [-0.2, 0) is 19.1 Å². The zero-order valence-corrected chi connectivity index (χ0v) is 24.5. The summed E-state index contributed by atoms with van der Waals surface area (Å²) < 4.78 is 5.37. The number of unbranched alkanes of at least 4 members (excludes halogenated alkanes) is 1. The van der Waals surface area contributed by atoms with Crippen LogP contribution < -0.4 is 16.4 Å². The second-order valence-electron chi connectivity index (χ2n) is 11.1. The third kappa shape index (κ3) is 11.5. The van der Waals surface area contributed by atoms with E-state index in [2.05, 4.69) is 10.6 Å². The Balaban J connectivity index is 3.55. The largest absolute Gasteiger partial charge is 0.444 e. The van der Waals surface area contributed by atoms with Crippen molar-refractivity contribution >= 4 is 23.8 Å². The topological polar surface area (TPSA) is 131 Å². The van der Waals surface area contributed by atoms with Crippen molar-refractivity contribution in [3.05, 3.63) is 34.9 Å². The molecule has 0 radical (unpaired) electrons. The molecule has 0 heterocycles. The monoisotopic (exact) mass is 532 g/mol. The fraction of sp³-hybridized carbons (Fsp3) is 0.655. The molecule has 1 aromatic rings. The molecule has 0 aliphatic carbocycles. The van der Waals surface area contributed by atoms with Crippen LogP contribution in [0.25, 0.3) is 0 Å². The van der Waals surface area contributed by atoms with Crippen molar-refractivity contribution in [2.24, 2.45) is 5.73 Å². The van der Waals surface area contributed by atoms with E-state index in [1.165, 1.54) is 4.90 Å². The standard InChI is InChI=1S/C29H48N4O5/c1-9-11-15-33(27(36)23(13-14-24(30)34)32-28(37)38-29(6,7)8)25(26(35)31-21(5)12-10-2)22-17-19(3)16-20(4)18-22/h16-18,21,23,25H,9-15H2,1-8H3,(H2,30,34)(H,31,35)(H,32,37). The Morgan fingerprint density at radius 2 is 1.58 bits per heavy atom. The molecule has 3 atom stereocenters. The van der Waals surface area contributed by atoms with Crippen molar-refractivity contribution in [3.8, 4) is 0 Å². The Hall–Kier alpha value is -3.10. The lowest BCUT2D eigenvalue weighted by atomic mass is 9.97. The van der Waals surface area contributed by atoms with E-state index in [1.807, 2.05) is 52.8 Å². The molecule has 0 saturated heterocycles. The summed E-state index contributed by atoms with van der Waals surface area (Å²) in [6.45, 7) is 15.3. The lowest BCUT2D eigenvalue weighted by molar-refractivity contribution is -0.143. The second-order valence-corrected chi connectivity index (χ2v) is 11.1. The average Bonchev–Trinajstić information content (AvgIpc) is 2.76. The molecule has 38 heavy (non-hydrogen) atoms. The molecule has 214 valence electrons. The molecule has 3 unspecified atom stereocenters. The molecule has 9 heteroatoms. The minimum atomic E-state index is -1.09. The average molecular weight is 533 g/mol. The second kappa shape index (κ2) is 15.3. The van der Waals surface area contributed by atoms with Gasteiger partial charge in [-0.15, -0.1) is 0 Å². The van der Waals surface area contributed by atoms with Crippen molar-refractivity contribution in [2.75, 3.05) is 6.54 Å². The Kier molecular flexibility index (Phi) is 13.3. The summed E-state index contributed by atoms with van der Waals surface area (Å²) in [5, 5.41) is 5.69. The van der Waals surface area contributed by atoms with E-state index in [0.29, 0.717) is 18.5 Å². The van der Waals surface area contributed by atoms with Crippen LogP contribution in [0.15, 0.2) is 18.2 Å². The maximum Gasteiger partial charge on any atom is 0.408 e. The fourth-order valence-electron chi connectivity index (χ4n) is 4.36. The van der Waals surface area contributed by atoms with E-state index in [0.717, 1.165) is 30.4 Å². The van der Waals surface area contributed by atoms with Gasteiger partial charge in [0.05, 0.1) is 0 Å². The summed E-state index contributed by atoms with van der Waals surface area (Å²) in [4.78, 5) is 53.6. The number of nitrogens with two attached hydrogens (primary N) is 1. The van der Waals surface area contributed by atoms with Gasteiger partial charge in [-0.05, 0) is 66.4 Å². The molecule has 0 aliphatic rings. The molecular formula is C29H48N4O5. The summed E-state index contributed by atoms with van der Waals surface area (Å²) in [5.41, 5.74) is 7.23. The SMILES string of the molecule is CCCCN(C(=O)C(CCC(N)=O)NC(=O)OC(C)(C)C)C(C(=O)NC(C)CCC)c1cc(C)cc(C)c1. The van der Waals surface area contributed by atoms with Gasteiger partial charge < -0.3 is 26.0 Å². The zero-order valence-electron chi connectivity index (χ0n) is 24.5. The van der Waals surface area contributed by atoms with Crippen LogP contribution in [0, 0.1) is 13.8 Å². The van der Waals surface area contributed by atoms with Gasteiger partial charge in [-0.25, -0.2) is 4.79 Å². The highest BCUT2D eigenvalue weighted by Gasteiger charge is 2.36. The van der Waals surface area contributed by atoms with Crippen LogP contribution in [-0.4, -0.2) is 52.9 Å².